The highest BCUT2D eigenvalue weighted by atomic mass is 35.5. The third kappa shape index (κ3) is 6.48. The molecule has 0 fully saturated rings. The van der Waals surface area contributed by atoms with Gasteiger partial charge in [-0.2, -0.15) is 0 Å². The number of carbonyl (C=O) groups excluding carboxylic acids is 1. The number of aromatic nitrogens is 3. The Morgan fingerprint density at radius 3 is 2.48 bits per heavy atom. The molecule has 6 nitrogen and oxygen atoms in total. The molecule has 0 saturated carbocycles. The summed E-state index contributed by atoms with van der Waals surface area (Å²) in [6, 6.07) is 13.5. The van der Waals surface area contributed by atoms with Gasteiger partial charge in [0.1, 0.15) is 5.75 Å². The van der Waals surface area contributed by atoms with E-state index in [2.05, 4.69) is 21.6 Å². The first-order valence-corrected chi connectivity index (χ1v) is 11.5. The van der Waals surface area contributed by atoms with Crippen LogP contribution in [0.4, 0.5) is 0 Å². The Kier molecular flexibility index (Phi) is 7.98. The number of rotatable bonds is 9. The third-order valence-corrected chi connectivity index (χ3v) is 5.89. The zero-order valence-corrected chi connectivity index (χ0v) is 19.8. The summed E-state index contributed by atoms with van der Waals surface area (Å²) in [7, 11) is 0. The van der Waals surface area contributed by atoms with E-state index in [-0.39, 0.29) is 17.8 Å². The predicted octanol–water partition coefficient (Wildman–Crippen LogP) is 5.12. The zero-order chi connectivity index (χ0) is 22.4. The van der Waals surface area contributed by atoms with Crippen LogP contribution < -0.4 is 10.1 Å². The van der Waals surface area contributed by atoms with Crippen molar-refractivity contribution in [1.29, 1.82) is 0 Å². The first-order chi connectivity index (χ1) is 14.9. The minimum Gasteiger partial charge on any atom is -0.483 e. The van der Waals surface area contributed by atoms with Crippen LogP contribution in [0.25, 0.3) is 0 Å². The maximum Gasteiger partial charge on any atom is 0.230 e. The van der Waals surface area contributed by atoms with Crippen molar-refractivity contribution >= 4 is 29.3 Å². The van der Waals surface area contributed by atoms with E-state index in [9.17, 15) is 4.79 Å². The SMILES string of the molecule is CCn1c(SCC(=O)NCc2ccc(Cl)cc2)nnc1C(C)Oc1cc(C)cc(C)c1. The molecule has 0 aliphatic rings. The molecule has 1 heterocycles. The van der Waals surface area contributed by atoms with Crippen molar-refractivity contribution < 1.29 is 9.53 Å². The third-order valence-electron chi connectivity index (χ3n) is 4.67. The molecule has 0 aliphatic heterocycles. The minimum absolute atomic E-state index is 0.0633. The van der Waals surface area contributed by atoms with Crippen LogP contribution in [0.15, 0.2) is 47.6 Å². The van der Waals surface area contributed by atoms with Crippen molar-refractivity contribution in [3.8, 4) is 5.75 Å². The highest BCUT2D eigenvalue weighted by Crippen LogP contribution is 2.26. The zero-order valence-electron chi connectivity index (χ0n) is 18.2. The number of aryl methyl sites for hydroxylation is 2. The average Bonchev–Trinajstić information content (AvgIpc) is 3.14. The molecule has 8 heteroatoms. The molecule has 31 heavy (non-hydrogen) atoms. The van der Waals surface area contributed by atoms with Gasteiger partial charge >= 0.3 is 0 Å². The molecule has 1 N–H and O–H groups in total. The topological polar surface area (TPSA) is 69.0 Å². The van der Waals surface area contributed by atoms with Gasteiger partial charge in [0.05, 0.1) is 5.75 Å². The van der Waals surface area contributed by atoms with Crippen LogP contribution in [0.1, 0.15) is 42.5 Å². The second-order valence-corrected chi connectivity index (χ2v) is 8.74. The molecule has 0 spiro atoms. The first kappa shape index (κ1) is 23.2. The molecule has 0 saturated heterocycles. The molecule has 0 radical (unpaired) electrons. The van der Waals surface area contributed by atoms with Gasteiger partial charge in [-0.15, -0.1) is 10.2 Å². The van der Waals surface area contributed by atoms with E-state index in [1.54, 1.807) is 0 Å². The fourth-order valence-corrected chi connectivity index (χ4v) is 4.21. The number of nitrogens with one attached hydrogen (secondary N) is 1. The van der Waals surface area contributed by atoms with E-state index in [4.69, 9.17) is 16.3 Å². The summed E-state index contributed by atoms with van der Waals surface area (Å²) in [5.41, 5.74) is 3.30. The smallest absolute Gasteiger partial charge is 0.230 e. The normalized spacial score (nSPS) is 11.9. The highest BCUT2D eigenvalue weighted by molar-refractivity contribution is 7.99. The lowest BCUT2D eigenvalue weighted by molar-refractivity contribution is -0.118. The quantitative estimate of drug-likeness (QED) is 0.451. The molecule has 3 aromatic rings. The minimum atomic E-state index is -0.262. The van der Waals surface area contributed by atoms with Crippen LogP contribution in [0.5, 0.6) is 5.75 Å². The van der Waals surface area contributed by atoms with Crippen molar-refractivity contribution in [2.24, 2.45) is 0 Å². The summed E-state index contributed by atoms with van der Waals surface area (Å²) in [5, 5.41) is 12.9. The molecular weight excluding hydrogens is 432 g/mol. The number of hydrogen-bond acceptors (Lipinski definition) is 5. The number of hydrogen-bond donors (Lipinski definition) is 1. The highest BCUT2D eigenvalue weighted by Gasteiger charge is 2.19. The van der Waals surface area contributed by atoms with Gasteiger partial charge < -0.3 is 14.6 Å². The summed E-state index contributed by atoms with van der Waals surface area (Å²) >= 11 is 7.26. The van der Waals surface area contributed by atoms with Crippen molar-refractivity contribution in [3.05, 3.63) is 70.0 Å². The lowest BCUT2D eigenvalue weighted by Crippen LogP contribution is -2.24. The molecular formula is C23H27ClN4O2S. The van der Waals surface area contributed by atoms with Gasteiger partial charge in [-0.1, -0.05) is 41.6 Å². The van der Waals surface area contributed by atoms with Gasteiger partial charge in [0.25, 0.3) is 0 Å². The molecule has 1 aromatic heterocycles. The monoisotopic (exact) mass is 458 g/mol. The Bertz CT molecular complexity index is 1020. The second-order valence-electron chi connectivity index (χ2n) is 7.36. The van der Waals surface area contributed by atoms with Crippen LogP contribution in [0, 0.1) is 13.8 Å². The predicted molar refractivity (Wildman–Crippen MR) is 125 cm³/mol. The number of ether oxygens (including phenoxy) is 1. The van der Waals surface area contributed by atoms with Crippen molar-refractivity contribution in [2.75, 3.05) is 5.75 Å². The summed E-state index contributed by atoms with van der Waals surface area (Å²) in [4.78, 5) is 12.3. The number of carbonyl (C=O) groups is 1. The lowest BCUT2D eigenvalue weighted by atomic mass is 10.1. The second kappa shape index (κ2) is 10.7. The Morgan fingerprint density at radius 2 is 1.84 bits per heavy atom. The summed E-state index contributed by atoms with van der Waals surface area (Å²) < 4.78 is 8.11. The van der Waals surface area contributed by atoms with E-state index in [1.165, 1.54) is 11.8 Å². The van der Waals surface area contributed by atoms with E-state index >= 15 is 0 Å². The Balaban J connectivity index is 1.58. The van der Waals surface area contributed by atoms with Crippen molar-refractivity contribution in [1.82, 2.24) is 20.1 Å². The van der Waals surface area contributed by atoms with E-state index < -0.39 is 0 Å². The van der Waals surface area contributed by atoms with Crippen molar-refractivity contribution in [2.45, 2.75) is 52.0 Å². The van der Waals surface area contributed by atoms with Gasteiger partial charge in [-0.05, 0) is 68.7 Å². The van der Waals surface area contributed by atoms with Crippen LogP contribution in [-0.4, -0.2) is 26.4 Å². The van der Waals surface area contributed by atoms with Crippen LogP contribution in [0.3, 0.4) is 0 Å². The largest absolute Gasteiger partial charge is 0.483 e. The fourth-order valence-electron chi connectivity index (χ4n) is 3.25. The van der Waals surface area contributed by atoms with Gasteiger partial charge in [-0.25, -0.2) is 0 Å². The Hall–Kier alpha value is -2.51. The van der Waals surface area contributed by atoms with Crippen LogP contribution >= 0.6 is 23.4 Å². The fraction of sp³-hybridized carbons (Fsp3) is 0.348. The molecule has 1 atom stereocenters. The van der Waals surface area contributed by atoms with Gasteiger partial charge in [0.2, 0.25) is 5.91 Å². The summed E-state index contributed by atoms with van der Waals surface area (Å²) in [5.74, 6) is 1.75. The molecule has 1 amide bonds. The molecule has 2 aromatic carbocycles. The molecule has 0 bridgehead atoms. The number of amides is 1. The van der Waals surface area contributed by atoms with Gasteiger partial charge in [-0.3, -0.25) is 4.79 Å². The first-order valence-electron chi connectivity index (χ1n) is 10.2. The van der Waals surface area contributed by atoms with E-state index in [0.29, 0.717) is 23.3 Å². The van der Waals surface area contributed by atoms with Crippen LogP contribution in [-0.2, 0) is 17.9 Å². The van der Waals surface area contributed by atoms with Gasteiger partial charge in [0.15, 0.2) is 17.1 Å². The van der Waals surface area contributed by atoms with Crippen LogP contribution in [0.2, 0.25) is 5.02 Å². The lowest BCUT2D eigenvalue weighted by Gasteiger charge is -2.16. The summed E-state index contributed by atoms with van der Waals surface area (Å²) in [6.45, 7) is 9.24. The van der Waals surface area contributed by atoms with E-state index in [0.717, 1.165) is 28.3 Å². The number of benzene rings is 2. The van der Waals surface area contributed by atoms with Gasteiger partial charge in [0, 0.05) is 18.1 Å². The molecule has 164 valence electrons. The molecule has 1 unspecified atom stereocenters. The van der Waals surface area contributed by atoms with E-state index in [1.807, 2.05) is 68.7 Å². The summed E-state index contributed by atoms with van der Waals surface area (Å²) in [6.07, 6.45) is -0.262. The maximum absolute atomic E-state index is 12.3. The number of halogens is 1. The van der Waals surface area contributed by atoms with Crippen molar-refractivity contribution in [3.63, 3.8) is 0 Å². The molecule has 3 rings (SSSR count). The standard InChI is InChI=1S/C23H27ClN4O2S/c1-5-28-22(17(4)30-20-11-15(2)10-16(3)12-20)26-27-23(28)31-14-21(29)25-13-18-6-8-19(24)9-7-18/h6-12,17H,5,13-14H2,1-4H3,(H,25,29). The average molecular weight is 459 g/mol. The number of thioether (sulfide) groups is 1. The Morgan fingerprint density at radius 1 is 1.16 bits per heavy atom. The maximum atomic E-state index is 12.3. The number of nitrogens with zero attached hydrogens (tertiary/aromatic N) is 3. The Labute approximate surface area is 192 Å². The molecule has 0 aliphatic carbocycles.